The van der Waals surface area contributed by atoms with E-state index in [1.807, 2.05) is 0 Å². The third-order valence-corrected chi connectivity index (χ3v) is 8.35. The van der Waals surface area contributed by atoms with Crippen molar-refractivity contribution in [2.24, 2.45) is 4.99 Å². The molecule has 0 saturated heterocycles. The number of ether oxygens (including phenoxy) is 4. The number of hydrogen-bond donors (Lipinski definition) is 0. The number of rotatable bonds is 13. The molecule has 0 N–H and O–H groups in total. The number of benzene rings is 1. The minimum absolute atomic E-state index is 0.303. The van der Waals surface area contributed by atoms with E-state index >= 15 is 0 Å². The van der Waals surface area contributed by atoms with Gasteiger partial charge in [-0.25, -0.2) is 0 Å². The lowest BCUT2D eigenvalue weighted by Gasteiger charge is -2.19. The van der Waals surface area contributed by atoms with Crippen LogP contribution >= 0.6 is 22.6 Å². The van der Waals surface area contributed by atoms with Crippen LogP contribution in [0, 0.1) is 40.9 Å². The fourth-order valence-corrected chi connectivity index (χ4v) is 5.89. The van der Waals surface area contributed by atoms with Crippen molar-refractivity contribution in [3.8, 4) is 23.5 Å². The van der Waals surface area contributed by atoms with Crippen molar-refractivity contribution in [3.63, 3.8) is 0 Å². The van der Waals surface area contributed by atoms with Gasteiger partial charge in [-0.05, 0) is 103 Å². The van der Waals surface area contributed by atoms with Gasteiger partial charge in [0.05, 0.1) is 32.1 Å². The number of aromatic nitrogens is 1. The quantitative estimate of drug-likeness (QED) is 0.104. The highest BCUT2D eigenvalue weighted by atomic mass is 127. The molecule has 0 saturated carbocycles. The molecule has 1 aromatic heterocycles. The van der Waals surface area contributed by atoms with Gasteiger partial charge in [0.25, 0.3) is 0 Å². The Hall–Kier alpha value is -2.60. The van der Waals surface area contributed by atoms with Crippen LogP contribution in [0.2, 0.25) is 0 Å². The highest BCUT2D eigenvalue weighted by molar-refractivity contribution is 14.1. The van der Waals surface area contributed by atoms with E-state index in [0.717, 1.165) is 46.8 Å². The standard InChI is InChI=1S/C35H44BIN2O4/c1-9-31-25(3)34(38-27(31)5)33(29-13-15-30(37)16-14-29)35-26(4)32(10-2)28(6)39(35)36(17-11-19-42-23-21-40-7)18-12-20-43-24-22-41-8/h13-16H,9-10,19-24H2,1-8H3/b34-33-. The first-order valence-corrected chi connectivity index (χ1v) is 15.9. The smallest absolute Gasteiger partial charge is 0.382 e. The van der Waals surface area contributed by atoms with E-state index in [9.17, 15) is 0 Å². The van der Waals surface area contributed by atoms with Gasteiger partial charge in [-0.2, -0.15) is 0 Å². The molecule has 2 aromatic rings. The zero-order valence-electron chi connectivity index (χ0n) is 26.9. The Bertz CT molecular complexity index is 1450. The van der Waals surface area contributed by atoms with E-state index < -0.39 is 6.85 Å². The van der Waals surface area contributed by atoms with Crippen molar-refractivity contribution in [2.45, 2.75) is 54.4 Å². The lowest BCUT2D eigenvalue weighted by Crippen LogP contribution is -2.26. The molecule has 2 heterocycles. The molecule has 1 aliphatic heterocycles. The van der Waals surface area contributed by atoms with Gasteiger partial charge >= 0.3 is 6.85 Å². The van der Waals surface area contributed by atoms with Gasteiger partial charge in [0.15, 0.2) is 0 Å². The van der Waals surface area contributed by atoms with Crippen molar-refractivity contribution in [2.75, 3.05) is 53.9 Å². The fourth-order valence-electron chi connectivity index (χ4n) is 5.53. The third kappa shape index (κ3) is 8.74. The minimum Gasteiger partial charge on any atom is -0.382 e. The van der Waals surface area contributed by atoms with E-state index in [0.29, 0.717) is 39.6 Å². The molecule has 0 amide bonds. The van der Waals surface area contributed by atoms with Gasteiger partial charge in [-0.1, -0.05) is 37.8 Å². The Morgan fingerprint density at radius 3 is 1.93 bits per heavy atom. The van der Waals surface area contributed by atoms with Crippen LogP contribution in [0.25, 0.3) is 5.57 Å². The molecule has 0 spiro atoms. The lowest BCUT2D eigenvalue weighted by atomic mass is 9.63. The summed E-state index contributed by atoms with van der Waals surface area (Å²) < 4.78 is 25.0. The average Bonchev–Trinajstić information content (AvgIpc) is 3.42. The predicted molar refractivity (Wildman–Crippen MR) is 187 cm³/mol. The van der Waals surface area contributed by atoms with Gasteiger partial charge in [0.2, 0.25) is 0 Å². The summed E-state index contributed by atoms with van der Waals surface area (Å²) in [5.41, 5.74) is 11.7. The molecule has 0 fully saturated rings. The monoisotopic (exact) mass is 694 g/mol. The average molecular weight is 694 g/mol. The van der Waals surface area contributed by atoms with Crippen LogP contribution in [0.4, 0.5) is 0 Å². The first-order valence-electron chi connectivity index (χ1n) is 14.9. The van der Waals surface area contributed by atoms with Gasteiger partial charge < -0.3 is 23.4 Å². The second kappa shape index (κ2) is 17.6. The van der Waals surface area contributed by atoms with E-state index in [1.165, 1.54) is 25.8 Å². The van der Waals surface area contributed by atoms with Crippen LogP contribution in [0.3, 0.4) is 0 Å². The first-order chi connectivity index (χ1) is 20.8. The highest BCUT2D eigenvalue weighted by Gasteiger charge is 2.30. The van der Waals surface area contributed by atoms with Gasteiger partial charge in [-0.3, -0.25) is 4.99 Å². The van der Waals surface area contributed by atoms with Crippen LogP contribution < -0.4 is 0 Å². The fraction of sp³-hybridized carbons (Fsp3) is 0.457. The summed E-state index contributed by atoms with van der Waals surface area (Å²) in [7, 11) is 3.32. The Morgan fingerprint density at radius 2 is 1.44 bits per heavy atom. The molecule has 0 radical (unpaired) electrons. The van der Waals surface area contributed by atoms with Crippen molar-refractivity contribution < 1.29 is 18.9 Å². The summed E-state index contributed by atoms with van der Waals surface area (Å²) in [4.78, 5) is 5.18. The Labute approximate surface area is 272 Å². The minimum atomic E-state index is -0.410. The number of hydrogen-bond acceptors (Lipinski definition) is 5. The summed E-state index contributed by atoms with van der Waals surface area (Å²) in [6.07, 6.45) is 1.84. The topological polar surface area (TPSA) is 54.2 Å². The van der Waals surface area contributed by atoms with Gasteiger partial charge in [0, 0.05) is 40.5 Å². The maximum absolute atomic E-state index is 5.67. The predicted octanol–water partition coefficient (Wildman–Crippen LogP) is 6.48. The second-order valence-corrected chi connectivity index (χ2v) is 11.5. The maximum Gasteiger partial charge on any atom is 0.433 e. The van der Waals surface area contributed by atoms with E-state index in [1.54, 1.807) is 14.2 Å². The molecule has 228 valence electrons. The van der Waals surface area contributed by atoms with E-state index in [-0.39, 0.29) is 0 Å². The lowest BCUT2D eigenvalue weighted by molar-refractivity contribution is 0.0877. The SMILES string of the molecule is CCC1=C(C)/C(=C(\c2ccc(I)cc2)c2c(C)c(CC)c(C)n2B(C#CCOCCOC)C#CCOCCOC)N=C1C. The van der Waals surface area contributed by atoms with Gasteiger partial charge in [0.1, 0.15) is 13.2 Å². The number of allylic oxidation sites excluding steroid dienone is 2. The third-order valence-electron chi connectivity index (χ3n) is 7.63. The van der Waals surface area contributed by atoms with Crippen molar-refractivity contribution in [3.05, 3.63) is 72.8 Å². The maximum atomic E-state index is 5.67. The summed E-state index contributed by atoms with van der Waals surface area (Å²) in [5, 5.41) is 0. The molecule has 1 aliphatic rings. The summed E-state index contributed by atoms with van der Waals surface area (Å²) in [6.45, 7) is 15.4. The molecular formula is C35H44BIN2O4. The molecule has 0 bridgehead atoms. The Kier molecular flexibility index (Phi) is 14.3. The van der Waals surface area contributed by atoms with Crippen LogP contribution in [0.15, 0.2) is 46.1 Å². The van der Waals surface area contributed by atoms with Crippen molar-refractivity contribution in [1.29, 1.82) is 0 Å². The molecule has 1 aromatic carbocycles. The van der Waals surface area contributed by atoms with Crippen molar-refractivity contribution in [1.82, 2.24) is 4.48 Å². The molecule has 43 heavy (non-hydrogen) atoms. The summed E-state index contributed by atoms with van der Waals surface area (Å²) >= 11 is 2.36. The highest BCUT2D eigenvalue weighted by Crippen LogP contribution is 2.40. The Balaban J connectivity index is 2.29. The molecule has 0 unspecified atom stereocenters. The second-order valence-electron chi connectivity index (χ2n) is 10.3. The van der Waals surface area contributed by atoms with E-state index in [4.69, 9.17) is 23.9 Å². The van der Waals surface area contributed by atoms with Crippen LogP contribution in [-0.4, -0.2) is 70.9 Å². The van der Waals surface area contributed by atoms with Crippen LogP contribution in [0.5, 0.6) is 0 Å². The normalized spacial score (nSPS) is 13.8. The number of aliphatic imine (C=N–C) groups is 1. The van der Waals surface area contributed by atoms with Crippen molar-refractivity contribution >= 4 is 40.7 Å². The number of halogens is 1. The molecule has 0 aliphatic carbocycles. The largest absolute Gasteiger partial charge is 0.433 e. The zero-order chi connectivity index (χ0) is 31.4. The molecule has 0 atom stereocenters. The molecule has 3 rings (SSSR count). The van der Waals surface area contributed by atoms with Crippen LogP contribution in [-0.2, 0) is 25.4 Å². The van der Waals surface area contributed by atoms with Crippen LogP contribution in [0.1, 0.15) is 62.2 Å². The number of methoxy groups -OCH3 is 2. The summed E-state index contributed by atoms with van der Waals surface area (Å²) in [6, 6.07) is 8.71. The molecule has 8 heteroatoms. The zero-order valence-corrected chi connectivity index (χ0v) is 29.1. The first kappa shape index (κ1) is 34.9. The number of nitrogens with zero attached hydrogens (tertiary/aromatic N) is 2. The summed E-state index contributed by atoms with van der Waals surface area (Å²) in [5.74, 6) is 13.3. The Morgan fingerprint density at radius 1 is 0.860 bits per heavy atom. The molecule has 6 nitrogen and oxygen atoms in total. The molecular weight excluding hydrogens is 650 g/mol. The van der Waals surface area contributed by atoms with E-state index in [2.05, 4.69) is 116 Å². The van der Waals surface area contributed by atoms with Gasteiger partial charge in [-0.15, -0.1) is 11.6 Å².